The van der Waals surface area contributed by atoms with E-state index in [1.165, 1.54) is 5.56 Å². The van der Waals surface area contributed by atoms with Crippen molar-refractivity contribution in [2.24, 2.45) is 0 Å². The molecule has 0 aliphatic carbocycles. The molecule has 0 aliphatic heterocycles. The number of benzene rings is 1. The van der Waals surface area contributed by atoms with E-state index in [0.717, 1.165) is 18.5 Å². The van der Waals surface area contributed by atoms with Gasteiger partial charge in [0.05, 0.1) is 6.61 Å². The van der Waals surface area contributed by atoms with Crippen LogP contribution in [0, 0.1) is 0 Å². The molecule has 1 N–H and O–H groups in total. The fourth-order valence-corrected chi connectivity index (χ4v) is 1.98. The van der Waals surface area contributed by atoms with E-state index in [-0.39, 0.29) is 0 Å². The topological polar surface area (TPSA) is 60.2 Å². The molecule has 0 amide bonds. The summed E-state index contributed by atoms with van der Waals surface area (Å²) in [5.41, 5.74) is 2.22. The van der Waals surface area contributed by atoms with Gasteiger partial charge >= 0.3 is 0 Å². The molecule has 1 aromatic carbocycles. The standard InChI is InChI=1S/C15H21N3O2/c1-3-19-11-9-14-17-15(20-18-14)13-7-5-4-6-12(13)8-10-16-2/h4-7,16H,3,8-11H2,1-2H3. The van der Waals surface area contributed by atoms with E-state index in [1.54, 1.807) is 0 Å². The molecule has 2 rings (SSSR count). The van der Waals surface area contributed by atoms with Gasteiger partial charge in [0.2, 0.25) is 0 Å². The van der Waals surface area contributed by atoms with Crippen molar-refractivity contribution < 1.29 is 9.26 Å². The van der Waals surface area contributed by atoms with Crippen LogP contribution in [0.1, 0.15) is 18.3 Å². The highest BCUT2D eigenvalue weighted by Crippen LogP contribution is 2.22. The molecule has 0 aliphatic rings. The molecule has 108 valence electrons. The third kappa shape index (κ3) is 3.88. The minimum Gasteiger partial charge on any atom is -0.381 e. The monoisotopic (exact) mass is 275 g/mol. The Morgan fingerprint density at radius 3 is 2.90 bits per heavy atom. The van der Waals surface area contributed by atoms with Gasteiger partial charge < -0.3 is 14.6 Å². The third-order valence-corrected chi connectivity index (χ3v) is 3.03. The summed E-state index contributed by atoms with van der Waals surface area (Å²) in [6.45, 7) is 4.22. The highest BCUT2D eigenvalue weighted by atomic mass is 16.5. The minimum absolute atomic E-state index is 0.586. The van der Waals surface area contributed by atoms with E-state index < -0.39 is 0 Å². The lowest BCUT2D eigenvalue weighted by Gasteiger charge is -2.05. The number of nitrogens with one attached hydrogen (secondary N) is 1. The Morgan fingerprint density at radius 1 is 1.25 bits per heavy atom. The molecule has 0 unspecified atom stereocenters. The zero-order valence-corrected chi connectivity index (χ0v) is 12.1. The van der Waals surface area contributed by atoms with Crippen molar-refractivity contribution in [3.8, 4) is 11.5 Å². The van der Waals surface area contributed by atoms with Gasteiger partial charge in [-0.05, 0) is 38.6 Å². The first-order chi connectivity index (χ1) is 9.85. The Balaban J connectivity index is 2.11. The predicted molar refractivity (Wildman–Crippen MR) is 77.6 cm³/mol. The SMILES string of the molecule is CCOCCc1noc(-c2ccccc2CCNC)n1. The Morgan fingerprint density at radius 2 is 2.10 bits per heavy atom. The number of aromatic nitrogens is 2. The smallest absolute Gasteiger partial charge is 0.258 e. The lowest BCUT2D eigenvalue weighted by Crippen LogP contribution is -2.10. The molecule has 0 spiro atoms. The lowest BCUT2D eigenvalue weighted by atomic mass is 10.0. The molecule has 0 saturated heterocycles. The summed E-state index contributed by atoms with van der Waals surface area (Å²) < 4.78 is 10.7. The van der Waals surface area contributed by atoms with Gasteiger partial charge in [-0.15, -0.1) is 0 Å². The van der Waals surface area contributed by atoms with Gasteiger partial charge in [0.25, 0.3) is 5.89 Å². The van der Waals surface area contributed by atoms with E-state index in [2.05, 4.69) is 21.5 Å². The van der Waals surface area contributed by atoms with Gasteiger partial charge in [-0.3, -0.25) is 0 Å². The van der Waals surface area contributed by atoms with Crippen LogP contribution in [0.2, 0.25) is 0 Å². The first-order valence-corrected chi connectivity index (χ1v) is 6.98. The fraction of sp³-hybridized carbons (Fsp3) is 0.467. The van der Waals surface area contributed by atoms with Crippen LogP contribution in [0.3, 0.4) is 0 Å². The van der Waals surface area contributed by atoms with Crippen LogP contribution in [-0.4, -0.2) is 36.9 Å². The quantitative estimate of drug-likeness (QED) is 0.747. The summed E-state index contributed by atoms with van der Waals surface area (Å²) in [7, 11) is 1.95. The Hall–Kier alpha value is -1.72. The second kappa shape index (κ2) is 7.77. The van der Waals surface area contributed by atoms with E-state index in [1.807, 2.05) is 32.2 Å². The number of likely N-dealkylation sites (N-methyl/N-ethyl adjacent to an activating group) is 1. The van der Waals surface area contributed by atoms with E-state index in [9.17, 15) is 0 Å². The molecule has 0 fully saturated rings. The van der Waals surface area contributed by atoms with Crippen molar-refractivity contribution >= 4 is 0 Å². The number of hydrogen-bond donors (Lipinski definition) is 1. The summed E-state index contributed by atoms with van der Waals surface area (Å²) in [5, 5.41) is 7.16. The number of rotatable bonds is 8. The lowest BCUT2D eigenvalue weighted by molar-refractivity contribution is 0.149. The molecule has 5 heteroatoms. The zero-order chi connectivity index (χ0) is 14.2. The summed E-state index contributed by atoms with van der Waals surface area (Å²) >= 11 is 0. The van der Waals surface area contributed by atoms with Crippen molar-refractivity contribution in [2.45, 2.75) is 19.8 Å². The highest BCUT2D eigenvalue weighted by molar-refractivity contribution is 5.58. The van der Waals surface area contributed by atoms with Crippen LogP contribution < -0.4 is 5.32 Å². The maximum absolute atomic E-state index is 5.36. The van der Waals surface area contributed by atoms with Crippen molar-refractivity contribution in [1.82, 2.24) is 15.5 Å². The van der Waals surface area contributed by atoms with Crippen LogP contribution in [0.15, 0.2) is 28.8 Å². The Labute approximate surface area is 119 Å². The largest absolute Gasteiger partial charge is 0.381 e. The Bertz CT molecular complexity index is 525. The van der Waals surface area contributed by atoms with Gasteiger partial charge in [-0.1, -0.05) is 23.4 Å². The van der Waals surface area contributed by atoms with Crippen molar-refractivity contribution in [2.75, 3.05) is 26.8 Å². The first kappa shape index (κ1) is 14.7. The molecular formula is C15H21N3O2. The molecule has 5 nitrogen and oxygen atoms in total. The average Bonchev–Trinajstić information content (AvgIpc) is 2.94. The van der Waals surface area contributed by atoms with Crippen LogP contribution in [0.4, 0.5) is 0 Å². The molecular weight excluding hydrogens is 254 g/mol. The van der Waals surface area contributed by atoms with Gasteiger partial charge in [-0.25, -0.2) is 0 Å². The van der Waals surface area contributed by atoms with Gasteiger partial charge in [0.1, 0.15) is 0 Å². The summed E-state index contributed by atoms with van der Waals surface area (Å²) in [5.74, 6) is 1.28. The maximum atomic E-state index is 5.36. The third-order valence-electron chi connectivity index (χ3n) is 3.03. The van der Waals surface area contributed by atoms with E-state index in [4.69, 9.17) is 9.26 Å². The first-order valence-electron chi connectivity index (χ1n) is 6.98. The molecule has 20 heavy (non-hydrogen) atoms. The zero-order valence-electron chi connectivity index (χ0n) is 12.1. The van der Waals surface area contributed by atoms with Gasteiger partial charge in [0.15, 0.2) is 5.82 Å². The van der Waals surface area contributed by atoms with Crippen LogP contribution >= 0.6 is 0 Å². The number of nitrogens with zero attached hydrogens (tertiary/aromatic N) is 2. The Kier molecular flexibility index (Phi) is 5.70. The van der Waals surface area contributed by atoms with Crippen LogP contribution in [-0.2, 0) is 17.6 Å². The maximum Gasteiger partial charge on any atom is 0.258 e. The van der Waals surface area contributed by atoms with Crippen LogP contribution in [0.25, 0.3) is 11.5 Å². The molecule has 1 heterocycles. The number of ether oxygens (including phenoxy) is 1. The van der Waals surface area contributed by atoms with E-state index in [0.29, 0.717) is 31.3 Å². The fourth-order valence-electron chi connectivity index (χ4n) is 1.98. The normalized spacial score (nSPS) is 10.9. The highest BCUT2D eigenvalue weighted by Gasteiger charge is 2.12. The number of hydrogen-bond acceptors (Lipinski definition) is 5. The molecule has 2 aromatic rings. The van der Waals surface area contributed by atoms with Crippen molar-refractivity contribution in [3.63, 3.8) is 0 Å². The van der Waals surface area contributed by atoms with E-state index >= 15 is 0 Å². The van der Waals surface area contributed by atoms with Gasteiger partial charge in [-0.2, -0.15) is 4.98 Å². The summed E-state index contributed by atoms with van der Waals surface area (Å²) in [6.07, 6.45) is 1.61. The summed E-state index contributed by atoms with van der Waals surface area (Å²) in [4.78, 5) is 4.44. The minimum atomic E-state index is 0.586. The molecule has 0 atom stereocenters. The molecule has 1 aromatic heterocycles. The van der Waals surface area contributed by atoms with Crippen molar-refractivity contribution in [3.05, 3.63) is 35.7 Å². The van der Waals surface area contributed by atoms with Crippen molar-refractivity contribution in [1.29, 1.82) is 0 Å². The average molecular weight is 275 g/mol. The van der Waals surface area contributed by atoms with Gasteiger partial charge in [0, 0.05) is 18.6 Å². The molecule has 0 saturated carbocycles. The van der Waals surface area contributed by atoms with Crippen LogP contribution in [0.5, 0.6) is 0 Å². The summed E-state index contributed by atoms with van der Waals surface area (Å²) in [6, 6.07) is 8.13. The second-order valence-electron chi connectivity index (χ2n) is 4.47. The predicted octanol–water partition coefficient (Wildman–Crippen LogP) is 2.08. The molecule has 0 radical (unpaired) electrons. The molecule has 0 bridgehead atoms. The second-order valence-corrected chi connectivity index (χ2v) is 4.47.